The van der Waals surface area contributed by atoms with Crippen LogP contribution < -0.4 is 5.32 Å². The average Bonchev–Trinajstić information content (AvgIpc) is 2.74. The van der Waals surface area contributed by atoms with Crippen molar-refractivity contribution in [2.75, 3.05) is 26.2 Å². The molecular weight excluding hydrogens is 283 g/mol. The van der Waals surface area contributed by atoms with E-state index in [1.54, 1.807) is 0 Å². The number of nitrogens with one attached hydrogen (secondary N) is 1. The van der Waals surface area contributed by atoms with E-state index in [1.165, 1.54) is 4.90 Å². The van der Waals surface area contributed by atoms with Crippen molar-refractivity contribution in [2.24, 2.45) is 0 Å². The quantitative estimate of drug-likeness (QED) is 0.860. The molecule has 2 rings (SSSR count). The van der Waals surface area contributed by atoms with Gasteiger partial charge in [0, 0.05) is 38.1 Å². The lowest BCUT2D eigenvalue weighted by molar-refractivity contribution is -0.182. The fourth-order valence-corrected chi connectivity index (χ4v) is 3.37. The number of alkyl halides is 3. The summed E-state index contributed by atoms with van der Waals surface area (Å²) in [6, 6.07) is -1.07. The molecule has 0 radical (unpaired) electrons. The van der Waals surface area contributed by atoms with Crippen molar-refractivity contribution < 1.29 is 18.0 Å². The zero-order valence-corrected chi connectivity index (χ0v) is 12.6. The number of hydrogen-bond acceptors (Lipinski definition) is 3. The molecular formula is C14H24F3N3O. The summed E-state index contributed by atoms with van der Waals surface area (Å²) < 4.78 is 39.7. The number of amides is 1. The van der Waals surface area contributed by atoms with Crippen LogP contribution in [0.1, 0.15) is 33.1 Å². The van der Waals surface area contributed by atoms with Gasteiger partial charge < -0.3 is 5.32 Å². The van der Waals surface area contributed by atoms with E-state index in [1.807, 2.05) is 0 Å². The molecule has 21 heavy (non-hydrogen) atoms. The van der Waals surface area contributed by atoms with Crippen LogP contribution in [0.4, 0.5) is 13.2 Å². The van der Waals surface area contributed by atoms with Crippen molar-refractivity contribution in [2.45, 2.75) is 57.4 Å². The van der Waals surface area contributed by atoms with E-state index < -0.39 is 12.2 Å². The van der Waals surface area contributed by atoms with Gasteiger partial charge in [0.15, 0.2) is 0 Å². The van der Waals surface area contributed by atoms with Crippen LogP contribution in [0.15, 0.2) is 0 Å². The van der Waals surface area contributed by atoms with E-state index in [9.17, 15) is 18.0 Å². The SMILES string of the molecule is CC(C)N1CCCC1CN1CCC(=O)NCC1C(F)(F)F. The standard InChI is InChI=1S/C14H24F3N3O/c1-10(2)20-6-3-4-11(20)9-19-7-5-13(21)18-8-12(19)14(15,16)17/h10-12H,3-9H2,1-2H3,(H,18,21). The molecule has 0 aliphatic carbocycles. The Kier molecular flexibility index (Phi) is 5.14. The second-order valence-electron chi connectivity index (χ2n) is 6.23. The molecule has 1 N–H and O–H groups in total. The van der Waals surface area contributed by atoms with Gasteiger partial charge in [-0.25, -0.2) is 0 Å². The molecule has 0 spiro atoms. The summed E-state index contributed by atoms with van der Waals surface area (Å²) in [4.78, 5) is 15.1. The highest BCUT2D eigenvalue weighted by atomic mass is 19.4. The van der Waals surface area contributed by atoms with Gasteiger partial charge in [-0.2, -0.15) is 13.2 Å². The largest absolute Gasteiger partial charge is 0.405 e. The lowest BCUT2D eigenvalue weighted by atomic mass is 10.1. The normalized spacial score (nSPS) is 29.7. The Bertz CT molecular complexity index is 373. The Hall–Kier alpha value is -0.820. The van der Waals surface area contributed by atoms with E-state index in [-0.39, 0.29) is 31.5 Å². The van der Waals surface area contributed by atoms with Crippen molar-refractivity contribution >= 4 is 5.91 Å². The summed E-state index contributed by atoms with van der Waals surface area (Å²) in [6.45, 7) is 5.33. The van der Waals surface area contributed by atoms with Crippen LogP contribution in [0.5, 0.6) is 0 Å². The predicted molar refractivity (Wildman–Crippen MR) is 73.9 cm³/mol. The molecule has 4 nitrogen and oxygen atoms in total. The van der Waals surface area contributed by atoms with Crippen LogP contribution in [-0.2, 0) is 4.79 Å². The Morgan fingerprint density at radius 1 is 1.33 bits per heavy atom. The molecule has 0 saturated carbocycles. The zero-order chi connectivity index (χ0) is 15.6. The fourth-order valence-electron chi connectivity index (χ4n) is 3.37. The third-order valence-corrected chi connectivity index (χ3v) is 4.47. The van der Waals surface area contributed by atoms with Gasteiger partial charge in [0.1, 0.15) is 6.04 Å². The van der Waals surface area contributed by atoms with Gasteiger partial charge >= 0.3 is 6.18 Å². The van der Waals surface area contributed by atoms with Gasteiger partial charge in [0.25, 0.3) is 0 Å². The zero-order valence-electron chi connectivity index (χ0n) is 12.6. The van der Waals surface area contributed by atoms with Crippen LogP contribution in [-0.4, -0.2) is 66.2 Å². The molecule has 0 aromatic rings. The Morgan fingerprint density at radius 2 is 2.05 bits per heavy atom. The van der Waals surface area contributed by atoms with Gasteiger partial charge in [0.2, 0.25) is 5.91 Å². The summed E-state index contributed by atoms with van der Waals surface area (Å²) in [5, 5.41) is 2.38. The topological polar surface area (TPSA) is 35.6 Å². The summed E-state index contributed by atoms with van der Waals surface area (Å²) in [5.74, 6) is -0.293. The van der Waals surface area contributed by atoms with Gasteiger partial charge in [0.05, 0.1) is 0 Å². The molecule has 0 aromatic heterocycles. The van der Waals surface area contributed by atoms with Crippen molar-refractivity contribution in [1.82, 2.24) is 15.1 Å². The highest BCUT2D eigenvalue weighted by Gasteiger charge is 2.45. The number of carbonyl (C=O) groups is 1. The summed E-state index contributed by atoms with van der Waals surface area (Å²) in [5.41, 5.74) is 0. The fraction of sp³-hybridized carbons (Fsp3) is 0.929. The van der Waals surface area contributed by atoms with E-state index in [2.05, 4.69) is 24.1 Å². The maximum Gasteiger partial charge on any atom is 0.405 e. The van der Waals surface area contributed by atoms with Crippen molar-refractivity contribution in [3.63, 3.8) is 0 Å². The first-order valence-corrected chi connectivity index (χ1v) is 7.62. The molecule has 122 valence electrons. The second kappa shape index (κ2) is 6.52. The molecule has 2 unspecified atom stereocenters. The van der Waals surface area contributed by atoms with Crippen molar-refractivity contribution in [3.05, 3.63) is 0 Å². The van der Waals surface area contributed by atoms with Crippen molar-refractivity contribution in [1.29, 1.82) is 0 Å². The number of rotatable bonds is 3. The van der Waals surface area contributed by atoms with Gasteiger partial charge in [-0.05, 0) is 33.2 Å². The minimum absolute atomic E-state index is 0.140. The molecule has 0 bridgehead atoms. The molecule has 7 heteroatoms. The lowest BCUT2D eigenvalue weighted by Gasteiger charge is -2.36. The number of halogens is 3. The maximum atomic E-state index is 13.2. The molecule has 2 heterocycles. The predicted octanol–water partition coefficient (Wildman–Crippen LogP) is 1.61. The van der Waals surface area contributed by atoms with E-state index in [4.69, 9.17) is 0 Å². The van der Waals surface area contributed by atoms with Gasteiger partial charge in [-0.1, -0.05) is 0 Å². The van der Waals surface area contributed by atoms with Crippen LogP contribution >= 0.6 is 0 Å². The summed E-state index contributed by atoms with van der Waals surface area (Å²) in [6.07, 6.45) is -2.20. The van der Waals surface area contributed by atoms with Crippen LogP contribution in [0.25, 0.3) is 0 Å². The number of nitrogens with zero attached hydrogens (tertiary/aromatic N) is 2. The Labute approximate surface area is 123 Å². The van der Waals surface area contributed by atoms with Gasteiger partial charge in [-0.15, -0.1) is 0 Å². The van der Waals surface area contributed by atoms with Gasteiger partial charge in [-0.3, -0.25) is 14.6 Å². The highest BCUT2D eigenvalue weighted by molar-refractivity contribution is 5.76. The smallest absolute Gasteiger partial charge is 0.354 e. The monoisotopic (exact) mass is 307 g/mol. The molecule has 2 atom stereocenters. The summed E-state index contributed by atoms with van der Waals surface area (Å²) >= 11 is 0. The van der Waals surface area contributed by atoms with Crippen molar-refractivity contribution in [3.8, 4) is 0 Å². The van der Waals surface area contributed by atoms with E-state index in [0.717, 1.165) is 19.4 Å². The highest BCUT2D eigenvalue weighted by Crippen LogP contribution is 2.28. The van der Waals surface area contributed by atoms with E-state index in [0.29, 0.717) is 12.6 Å². The number of carbonyl (C=O) groups excluding carboxylic acids is 1. The summed E-state index contributed by atoms with van der Waals surface area (Å²) in [7, 11) is 0. The Morgan fingerprint density at radius 3 is 2.67 bits per heavy atom. The lowest BCUT2D eigenvalue weighted by Crippen LogP contribution is -2.54. The molecule has 1 amide bonds. The molecule has 2 aliphatic heterocycles. The number of likely N-dealkylation sites (tertiary alicyclic amines) is 1. The third-order valence-electron chi connectivity index (χ3n) is 4.47. The van der Waals surface area contributed by atoms with E-state index >= 15 is 0 Å². The average molecular weight is 307 g/mol. The maximum absolute atomic E-state index is 13.2. The Balaban J connectivity index is 2.08. The minimum Gasteiger partial charge on any atom is -0.354 e. The minimum atomic E-state index is -4.31. The first-order valence-electron chi connectivity index (χ1n) is 7.62. The third kappa shape index (κ3) is 4.10. The second-order valence-corrected chi connectivity index (χ2v) is 6.23. The number of hydrogen-bond donors (Lipinski definition) is 1. The van der Waals surface area contributed by atoms with Crippen LogP contribution in [0.2, 0.25) is 0 Å². The van der Waals surface area contributed by atoms with Crippen LogP contribution in [0, 0.1) is 0 Å². The molecule has 0 aromatic carbocycles. The van der Waals surface area contributed by atoms with Crippen LogP contribution in [0.3, 0.4) is 0 Å². The first-order chi connectivity index (χ1) is 9.79. The molecule has 2 saturated heterocycles. The molecule has 2 aliphatic rings. The first kappa shape index (κ1) is 16.5. The molecule has 2 fully saturated rings.